The van der Waals surface area contributed by atoms with Crippen LogP contribution in [0, 0.1) is 5.41 Å². The molecule has 0 spiro atoms. The summed E-state index contributed by atoms with van der Waals surface area (Å²) in [6.45, 7) is 0.645. The molecule has 1 rings (SSSR count). The lowest BCUT2D eigenvalue weighted by Gasteiger charge is -2.27. The van der Waals surface area contributed by atoms with Gasteiger partial charge in [-0.15, -0.1) is 0 Å². The Morgan fingerprint density at radius 2 is 2.00 bits per heavy atom. The molecule has 1 aliphatic rings. The monoisotopic (exact) mass is 296 g/mol. The summed E-state index contributed by atoms with van der Waals surface area (Å²) in [6, 6.07) is -0.776. The zero-order valence-electron chi connectivity index (χ0n) is 11.5. The van der Waals surface area contributed by atoms with Gasteiger partial charge in [0, 0.05) is 20.1 Å². The molecule has 0 aliphatic carbocycles. The van der Waals surface area contributed by atoms with E-state index < -0.39 is 30.1 Å². The molecular weight excluding hydrogens is 277 g/mol. The van der Waals surface area contributed by atoms with E-state index in [1.165, 1.54) is 4.90 Å². The van der Waals surface area contributed by atoms with Crippen molar-refractivity contribution >= 4 is 12.0 Å². The first kappa shape index (κ1) is 16.6. The maximum Gasteiger partial charge on any atom is 0.406 e. The Kier molecular flexibility index (Phi) is 4.88. The molecule has 1 heterocycles. The summed E-state index contributed by atoms with van der Waals surface area (Å²) in [5.41, 5.74) is -1.02. The molecule has 0 saturated carbocycles. The van der Waals surface area contributed by atoms with E-state index in [2.05, 4.69) is 0 Å². The molecule has 2 amide bonds. The van der Waals surface area contributed by atoms with Gasteiger partial charge in [0.15, 0.2) is 0 Å². The second kappa shape index (κ2) is 5.88. The van der Waals surface area contributed by atoms with Crippen LogP contribution in [0.15, 0.2) is 0 Å². The summed E-state index contributed by atoms with van der Waals surface area (Å²) < 4.78 is 36.7. The fraction of sp³-hybridized carbons (Fsp3) is 0.833. The van der Waals surface area contributed by atoms with Crippen LogP contribution in [0.25, 0.3) is 0 Å². The Bertz CT molecular complexity index is 387. The summed E-state index contributed by atoms with van der Waals surface area (Å²) in [5.74, 6) is -0.992. The number of amides is 2. The number of carboxylic acid groups (broad SMARTS) is 1. The van der Waals surface area contributed by atoms with Crippen LogP contribution < -0.4 is 0 Å². The third-order valence-electron chi connectivity index (χ3n) is 3.55. The quantitative estimate of drug-likeness (QED) is 0.865. The van der Waals surface area contributed by atoms with Gasteiger partial charge < -0.3 is 14.9 Å². The summed E-state index contributed by atoms with van der Waals surface area (Å²) in [7, 11) is 1.07. The number of halogens is 3. The number of likely N-dealkylation sites (tertiary alicyclic amines) is 1. The average Bonchev–Trinajstić information content (AvgIpc) is 2.72. The SMILES string of the molecule is CCCC1(C(=O)O)CCN(C(=O)N(C)CC(F)(F)F)C1. The van der Waals surface area contributed by atoms with Crippen LogP contribution in [-0.2, 0) is 4.79 Å². The smallest absolute Gasteiger partial charge is 0.406 e. The minimum absolute atomic E-state index is 0.0306. The van der Waals surface area contributed by atoms with Gasteiger partial charge in [0.25, 0.3) is 0 Å². The summed E-state index contributed by atoms with van der Waals surface area (Å²) in [5, 5.41) is 9.29. The standard InChI is InChI=1S/C12H19F3N2O3/c1-3-4-11(9(18)19)5-6-17(7-11)10(20)16(2)8-12(13,14)15/h3-8H2,1-2H3,(H,18,19). The second-order valence-corrected chi connectivity index (χ2v) is 5.26. The van der Waals surface area contributed by atoms with Gasteiger partial charge in [0.05, 0.1) is 5.41 Å². The zero-order chi connectivity index (χ0) is 15.6. The van der Waals surface area contributed by atoms with Crippen LogP contribution >= 0.6 is 0 Å². The first-order chi connectivity index (χ1) is 9.11. The van der Waals surface area contributed by atoms with Gasteiger partial charge >= 0.3 is 18.2 Å². The maximum absolute atomic E-state index is 12.2. The fourth-order valence-electron chi connectivity index (χ4n) is 2.58. The third-order valence-corrected chi connectivity index (χ3v) is 3.55. The molecule has 1 unspecified atom stereocenters. The molecule has 1 saturated heterocycles. The van der Waals surface area contributed by atoms with Crippen molar-refractivity contribution in [2.45, 2.75) is 32.4 Å². The third kappa shape index (κ3) is 3.77. The molecule has 0 aromatic heterocycles. The van der Waals surface area contributed by atoms with Gasteiger partial charge in [0.2, 0.25) is 0 Å². The Hall–Kier alpha value is -1.47. The molecular formula is C12H19F3N2O3. The van der Waals surface area contributed by atoms with Crippen molar-refractivity contribution in [3.63, 3.8) is 0 Å². The van der Waals surface area contributed by atoms with E-state index in [1.807, 2.05) is 6.92 Å². The van der Waals surface area contributed by atoms with Gasteiger partial charge in [-0.05, 0) is 12.8 Å². The highest BCUT2D eigenvalue weighted by Gasteiger charge is 2.46. The van der Waals surface area contributed by atoms with Gasteiger partial charge in [0.1, 0.15) is 6.54 Å². The van der Waals surface area contributed by atoms with Crippen LogP contribution in [0.5, 0.6) is 0 Å². The maximum atomic E-state index is 12.2. The topological polar surface area (TPSA) is 60.9 Å². The predicted octanol–water partition coefficient (Wildman–Crippen LogP) is 2.18. The largest absolute Gasteiger partial charge is 0.481 e. The van der Waals surface area contributed by atoms with Gasteiger partial charge in [-0.25, -0.2) is 4.79 Å². The van der Waals surface area contributed by atoms with E-state index in [1.54, 1.807) is 0 Å². The van der Waals surface area contributed by atoms with E-state index in [0.29, 0.717) is 17.7 Å². The summed E-state index contributed by atoms with van der Waals surface area (Å²) in [4.78, 5) is 25.0. The van der Waals surface area contributed by atoms with E-state index in [4.69, 9.17) is 0 Å². The lowest BCUT2D eigenvalue weighted by Crippen LogP contribution is -2.45. The Balaban J connectivity index is 2.71. The Morgan fingerprint density at radius 1 is 1.40 bits per heavy atom. The van der Waals surface area contributed by atoms with Gasteiger partial charge in [-0.1, -0.05) is 13.3 Å². The van der Waals surface area contributed by atoms with Crippen LogP contribution in [0.1, 0.15) is 26.2 Å². The highest BCUT2D eigenvalue weighted by molar-refractivity contribution is 5.79. The zero-order valence-corrected chi connectivity index (χ0v) is 11.5. The molecule has 20 heavy (non-hydrogen) atoms. The number of urea groups is 1. The molecule has 0 radical (unpaired) electrons. The minimum atomic E-state index is -4.46. The van der Waals surface area contributed by atoms with Crippen molar-refractivity contribution < 1.29 is 27.9 Å². The van der Waals surface area contributed by atoms with Crippen molar-refractivity contribution in [1.29, 1.82) is 0 Å². The Labute approximate surface area is 115 Å². The number of aliphatic carboxylic acids is 1. The van der Waals surface area contributed by atoms with Crippen molar-refractivity contribution in [1.82, 2.24) is 9.80 Å². The molecule has 8 heteroatoms. The fourth-order valence-corrected chi connectivity index (χ4v) is 2.58. The first-order valence-corrected chi connectivity index (χ1v) is 6.41. The number of carbonyl (C=O) groups is 2. The number of hydrogen-bond donors (Lipinski definition) is 1. The van der Waals surface area contributed by atoms with Crippen LogP contribution in [0.2, 0.25) is 0 Å². The van der Waals surface area contributed by atoms with Crippen LogP contribution in [0.4, 0.5) is 18.0 Å². The number of alkyl halides is 3. The lowest BCUT2D eigenvalue weighted by atomic mass is 9.83. The van der Waals surface area contributed by atoms with Gasteiger partial charge in [-0.3, -0.25) is 4.79 Å². The highest BCUT2D eigenvalue weighted by Crippen LogP contribution is 2.36. The van der Waals surface area contributed by atoms with E-state index in [0.717, 1.165) is 7.05 Å². The summed E-state index contributed by atoms with van der Waals surface area (Å²) in [6.07, 6.45) is -3.12. The first-order valence-electron chi connectivity index (χ1n) is 6.41. The van der Waals surface area contributed by atoms with Crippen LogP contribution in [0.3, 0.4) is 0 Å². The molecule has 0 aromatic rings. The number of hydrogen-bond acceptors (Lipinski definition) is 2. The molecule has 0 aromatic carbocycles. The minimum Gasteiger partial charge on any atom is -0.481 e. The summed E-state index contributed by atoms with van der Waals surface area (Å²) >= 11 is 0. The molecule has 5 nitrogen and oxygen atoms in total. The van der Waals surface area contributed by atoms with E-state index in [9.17, 15) is 27.9 Å². The van der Waals surface area contributed by atoms with Crippen molar-refractivity contribution in [3.8, 4) is 0 Å². The predicted molar refractivity (Wildman–Crippen MR) is 65.2 cm³/mol. The highest BCUT2D eigenvalue weighted by atomic mass is 19.4. The van der Waals surface area contributed by atoms with Crippen LogP contribution in [-0.4, -0.2) is 59.8 Å². The van der Waals surface area contributed by atoms with E-state index >= 15 is 0 Å². The lowest BCUT2D eigenvalue weighted by molar-refractivity contribution is -0.149. The second-order valence-electron chi connectivity index (χ2n) is 5.26. The number of nitrogens with zero attached hydrogens (tertiary/aromatic N) is 2. The van der Waals surface area contributed by atoms with Crippen molar-refractivity contribution in [3.05, 3.63) is 0 Å². The van der Waals surface area contributed by atoms with Crippen molar-refractivity contribution in [2.75, 3.05) is 26.7 Å². The molecule has 1 N–H and O–H groups in total. The molecule has 1 fully saturated rings. The van der Waals surface area contributed by atoms with Crippen molar-refractivity contribution in [2.24, 2.45) is 5.41 Å². The van der Waals surface area contributed by atoms with E-state index in [-0.39, 0.29) is 19.5 Å². The molecule has 116 valence electrons. The number of carbonyl (C=O) groups excluding carboxylic acids is 1. The number of rotatable bonds is 4. The number of carboxylic acids is 1. The normalized spacial score (nSPS) is 22.9. The van der Waals surface area contributed by atoms with Gasteiger partial charge in [-0.2, -0.15) is 13.2 Å². The molecule has 1 aliphatic heterocycles. The Morgan fingerprint density at radius 3 is 2.45 bits per heavy atom. The average molecular weight is 296 g/mol. The molecule has 1 atom stereocenters. The molecule has 0 bridgehead atoms.